The SMILES string of the molecule is CC(N)C(O)c1cc(Cl)cc2c1CCC2. The predicted molar refractivity (Wildman–Crippen MR) is 62.1 cm³/mol. The molecule has 0 spiro atoms. The average Bonchev–Trinajstić information content (AvgIpc) is 2.62. The summed E-state index contributed by atoms with van der Waals surface area (Å²) in [5.41, 5.74) is 9.17. The number of aliphatic hydroxyl groups excluding tert-OH is 1. The molecule has 82 valence electrons. The summed E-state index contributed by atoms with van der Waals surface area (Å²) in [6.07, 6.45) is 2.64. The molecule has 2 unspecified atom stereocenters. The van der Waals surface area contributed by atoms with Gasteiger partial charge in [0.2, 0.25) is 0 Å². The van der Waals surface area contributed by atoms with Gasteiger partial charge in [-0.05, 0) is 55.0 Å². The number of rotatable bonds is 2. The van der Waals surface area contributed by atoms with Gasteiger partial charge in [-0.15, -0.1) is 0 Å². The Bertz CT molecular complexity index is 376. The zero-order valence-corrected chi connectivity index (χ0v) is 9.59. The van der Waals surface area contributed by atoms with Crippen molar-refractivity contribution in [2.45, 2.75) is 38.3 Å². The molecule has 0 aliphatic heterocycles. The number of aliphatic hydroxyl groups is 1. The lowest BCUT2D eigenvalue weighted by Gasteiger charge is -2.18. The van der Waals surface area contributed by atoms with Gasteiger partial charge >= 0.3 is 0 Å². The molecule has 0 radical (unpaired) electrons. The lowest BCUT2D eigenvalue weighted by molar-refractivity contribution is 0.152. The monoisotopic (exact) mass is 225 g/mol. The van der Waals surface area contributed by atoms with Crippen LogP contribution in [0.4, 0.5) is 0 Å². The van der Waals surface area contributed by atoms with E-state index in [1.165, 1.54) is 11.1 Å². The maximum Gasteiger partial charge on any atom is 0.0941 e. The van der Waals surface area contributed by atoms with E-state index in [2.05, 4.69) is 0 Å². The van der Waals surface area contributed by atoms with Crippen molar-refractivity contribution < 1.29 is 5.11 Å². The number of aryl methyl sites for hydroxylation is 1. The molecule has 1 aliphatic rings. The Balaban J connectivity index is 2.47. The van der Waals surface area contributed by atoms with Crippen molar-refractivity contribution in [3.8, 4) is 0 Å². The first kappa shape index (κ1) is 10.9. The molecule has 3 N–H and O–H groups in total. The number of benzene rings is 1. The summed E-state index contributed by atoms with van der Waals surface area (Å²) in [5, 5.41) is 10.7. The zero-order valence-electron chi connectivity index (χ0n) is 8.83. The maximum atomic E-state index is 10.0. The van der Waals surface area contributed by atoms with Crippen LogP contribution in [-0.4, -0.2) is 11.1 Å². The smallest absolute Gasteiger partial charge is 0.0941 e. The molecular weight excluding hydrogens is 210 g/mol. The van der Waals surface area contributed by atoms with E-state index < -0.39 is 6.10 Å². The number of halogens is 1. The highest BCUT2D eigenvalue weighted by atomic mass is 35.5. The van der Waals surface area contributed by atoms with Crippen LogP contribution >= 0.6 is 11.6 Å². The van der Waals surface area contributed by atoms with E-state index in [0.29, 0.717) is 5.02 Å². The largest absolute Gasteiger partial charge is 0.387 e. The first-order chi connectivity index (χ1) is 7.09. The van der Waals surface area contributed by atoms with Gasteiger partial charge < -0.3 is 10.8 Å². The van der Waals surface area contributed by atoms with E-state index >= 15 is 0 Å². The minimum absolute atomic E-state index is 0.256. The molecule has 2 rings (SSSR count). The highest BCUT2D eigenvalue weighted by Crippen LogP contribution is 2.33. The highest BCUT2D eigenvalue weighted by molar-refractivity contribution is 6.30. The van der Waals surface area contributed by atoms with Crippen LogP contribution in [0.1, 0.15) is 36.1 Å². The first-order valence-corrected chi connectivity index (χ1v) is 5.72. The molecule has 0 saturated carbocycles. The Hall–Kier alpha value is -0.570. The van der Waals surface area contributed by atoms with Gasteiger partial charge in [0.25, 0.3) is 0 Å². The third-order valence-corrected chi connectivity index (χ3v) is 3.25. The topological polar surface area (TPSA) is 46.2 Å². The molecule has 15 heavy (non-hydrogen) atoms. The fourth-order valence-electron chi connectivity index (χ4n) is 2.25. The third kappa shape index (κ3) is 2.03. The Kier molecular flexibility index (Phi) is 3.01. The molecule has 1 aromatic carbocycles. The fourth-order valence-corrected chi connectivity index (χ4v) is 2.50. The van der Waals surface area contributed by atoms with Gasteiger partial charge in [-0.2, -0.15) is 0 Å². The van der Waals surface area contributed by atoms with Crippen molar-refractivity contribution in [3.63, 3.8) is 0 Å². The normalized spacial score (nSPS) is 18.7. The van der Waals surface area contributed by atoms with E-state index in [0.717, 1.165) is 24.8 Å². The lowest BCUT2D eigenvalue weighted by Crippen LogP contribution is -2.25. The van der Waals surface area contributed by atoms with Crippen LogP contribution in [-0.2, 0) is 12.8 Å². The summed E-state index contributed by atoms with van der Waals surface area (Å²) in [6, 6.07) is 3.59. The van der Waals surface area contributed by atoms with Crippen molar-refractivity contribution in [3.05, 3.63) is 33.8 Å². The van der Waals surface area contributed by atoms with Gasteiger partial charge in [-0.1, -0.05) is 11.6 Å². The summed E-state index contributed by atoms with van der Waals surface area (Å²) < 4.78 is 0. The molecule has 0 aromatic heterocycles. The third-order valence-electron chi connectivity index (χ3n) is 3.03. The maximum absolute atomic E-state index is 10.0. The summed E-state index contributed by atoms with van der Waals surface area (Å²) in [5.74, 6) is 0. The van der Waals surface area contributed by atoms with Gasteiger partial charge in [0.1, 0.15) is 0 Å². The van der Waals surface area contributed by atoms with Gasteiger partial charge in [0, 0.05) is 11.1 Å². The van der Waals surface area contributed by atoms with Crippen LogP contribution in [0.5, 0.6) is 0 Å². The minimum atomic E-state index is -0.601. The number of nitrogens with two attached hydrogens (primary N) is 1. The van der Waals surface area contributed by atoms with Gasteiger partial charge in [-0.3, -0.25) is 0 Å². The molecule has 1 aliphatic carbocycles. The molecule has 0 amide bonds. The summed E-state index contributed by atoms with van der Waals surface area (Å²) >= 11 is 6.03. The molecule has 2 atom stereocenters. The van der Waals surface area contributed by atoms with Gasteiger partial charge in [0.15, 0.2) is 0 Å². The number of fused-ring (bicyclic) bond motifs is 1. The molecule has 2 nitrogen and oxygen atoms in total. The van der Waals surface area contributed by atoms with Crippen molar-refractivity contribution in [1.29, 1.82) is 0 Å². The number of hydrogen-bond acceptors (Lipinski definition) is 2. The van der Waals surface area contributed by atoms with Crippen LogP contribution in [0.15, 0.2) is 12.1 Å². The fraction of sp³-hybridized carbons (Fsp3) is 0.500. The van der Waals surface area contributed by atoms with Crippen LogP contribution in [0, 0.1) is 0 Å². The Morgan fingerprint density at radius 1 is 1.40 bits per heavy atom. The molecule has 0 heterocycles. The van der Waals surface area contributed by atoms with E-state index in [1.807, 2.05) is 19.1 Å². The molecule has 0 bridgehead atoms. The zero-order chi connectivity index (χ0) is 11.0. The Morgan fingerprint density at radius 2 is 2.13 bits per heavy atom. The standard InChI is InChI=1S/C12H16ClNO/c1-7(14)12(15)11-6-9(13)5-8-3-2-4-10(8)11/h5-7,12,15H,2-4,14H2,1H3. The summed E-state index contributed by atoms with van der Waals surface area (Å²) in [7, 11) is 0. The minimum Gasteiger partial charge on any atom is -0.387 e. The highest BCUT2D eigenvalue weighted by Gasteiger charge is 2.22. The van der Waals surface area contributed by atoms with Gasteiger partial charge in [0.05, 0.1) is 6.10 Å². The summed E-state index contributed by atoms with van der Waals surface area (Å²) in [6.45, 7) is 1.81. The van der Waals surface area contributed by atoms with Crippen molar-refractivity contribution in [1.82, 2.24) is 0 Å². The van der Waals surface area contributed by atoms with Gasteiger partial charge in [-0.25, -0.2) is 0 Å². The molecule has 0 saturated heterocycles. The average molecular weight is 226 g/mol. The molecular formula is C12H16ClNO. The second kappa shape index (κ2) is 4.12. The molecule has 1 aromatic rings. The van der Waals surface area contributed by atoms with Crippen molar-refractivity contribution >= 4 is 11.6 Å². The first-order valence-electron chi connectivity index (χ1n) is 5.34. The number of hydrogen-bond donors (Lipinski definition) is 2. The summed E-state index contributed by atoms with van der Waals surface area (Å²) in [4.78, 5) is 0. The second-order valence-electron chi connectivity index (χ2n) is 4.29. The predicted octanol–water partition coefficient (Wildman–Crippen LogP) is 2.21. The van der Waals surface area contributed by atoms with E-state index in [1.54, 1.807) is 0 Å². The van der Waals surface area contributed by atoms with Crippen molar-refractivity contribution in [2.75, 3.05) is 0 Å². The van der Waals surface area contributed by atoms with Crippen LogP contribution < -0.4 is 5.73 Å². The van der Waals surface area contributed by atoms with Crippen LogP contribution in [0.3, 0.4) is 0 Å². The molecule has 3 heteroatoms. The van der Waals surface area contributed by atoms with Crippen LogP contribution in [0.2, 0.25) is 5.02 Å². The Labute approximate surface area is 95.1 Å². The van der Waals surface area contributed by atoms with Crippen LogP contribution in [0.25, 0.3) is 0 Å². The van der Waals surface area contributed by atoms with E-state index in [-0.39, 0.29) is 6.04 Å². The van der Waals surface area contributed by atoms with E-state index in [9.17, 15) is 5.11 Å². The lowest BCUT2D eigenvalue weighted by atomic mass is 9.96. The molecule has 0 fully saturated rings. The quantitative estimate of drug-likeness (QED) is 0.811. The Morgan fingerprint density at radius 3 is 2.80 bits per heavy atom. The van der Waals surface area contributed by atoms with E-state index in [4.69, 9.17) is 17.3 Å². The van der Waals surface area contributed by atoms with Crippen molar-refractivity contribution in [2.24, 2.45) is 5.73 Å². The second-order valence-corrected chi connectivity index (χ2v) is 4.73.